The molecule has 0 aliphatic heterocycles. The molecule has 0 saturated carbocycles. The molecule has 0 saturated heterocycles. The Morgan fingerprint density at radius 1 is 1.15 bits per heavy atom. The molecule has 0 fully saturated rings. The molecule has 1 aromatic heterocycles. The topological polar surface area (TPSA) is 140 Å². The van der Waals surface area contributed by atoms with Gasteiger partial charge in [0.15, 0.2) is 19.4 Å². The van der Waals surface area contributed by atoms with Crippen molar-refractivity contribution in [2.45, 2.75) is 32.4 Å². The second kappa shape index (κ2) is 11.5. The van der Waals surface area contributed by atoms with Crippen molar-refractivity contribution >= 4 is 38.9 Å². The van der Waals surface area contributed by atoms with E-state index in [0.29, 0.717) is 15.7 Å². The summed E-state index contributed by atoms with van der Waals surface area (Å²) in [6.07, 6.45) is -0.364. The van der Waals surface area contributed by atoms with Gasteiger partial charge in [0.2, 0.25) is 0 Å². The van der Waals surface area contributed by atoms with Crippen molar-refractivity contribution in [3.05, 3.63) is 71.2 Å². The van der Waals surface area contributed by atoms with Crippen molar-refractivity contribution in [3.63, 3.8) is 0 Å². The first-order valence-electron chi connectivity index (χ1n) is 9.93. The number of aliphatic carboxylic acids is 1. The average Bonchev–Trinajstić information content (AvgIpc) is 3.34. The van der Waals surface area contributed by atoms with Gasteiger partial charge in [0.1, 0.15) is 5.75 Å². The summed E-state index contributed by atoms with van der Waals surface area (Å²) in [7, 11) is -2.71. The van der Waals surface area contributed by atoms with Crippen molar-refractivity contribution in [2.75, 3.05) is 7.11 Å². The minimum Gasteiger partial charge on any atom is -0.497 e. The second-order valence-corrected chi connectivity index (χ2v) is 11.5. The Bertz CT molecular complexity index is 1260. The maximum Gasteiger partial charge on any atom is 0.322 e. The quantitative estimate of drug-likeness (QED) is 0.221. The van der Waals surface area contributed by atoms with Crippen LogP contribution in [0.3, 0.4) is 0 Å². The first kappa shape index (κ1) is 25.7. The number of hydrogen-bond acceptors (Lipinski definition) is 9. The number of nitrogens with zero attached hydrogens (tertiary/aromatic N) is 1. The summed E-state index contributed by atoms with van der Waals surface area (Å²) in [6, 6.07) is 12.8. The molecule has 11 heteroatoms. The van der Waals surface area contributed by atoms with Crippen molar-refractivity contribution in [3.8, 4) is 17.6 Å². The van der Waals surface area contributed by atoms with E-state index in [2.05, 4.69) is 16.8 Å². The van der Waals surface area contributed by atoms with E-state index in [1.165, 1.54) is 35.6 Å². The first-order chi connectivity index (χ1) is 16.2. The van der Waals surface area contributed by atoms with E-state index in [9.17, 15) is 23.4 Å². The van der Waals surface area contributed by atoms with Crippen LogP contribution in [0.25, 0.3) is 0 Å². The van der Waals surface area contributed by atoms with E-state index in [0.717, 1.165) is 17.3 Å². The number of ether oxygens (including phenoxy) is 1. The number of benzene rings is 2. The predicted molar refractivity (Wildman–Crippen MR) is 131 cm³/mol. The van der Waals surface area contributed by atoms with Crippen LogP contribution in [0.5, 0.6) is 5.75 Å². The number of carboxylic acids is 1. The van der Waals surface area contributed by atoms with E-state index >= 15 is 0 Å². The molecule has 3 atom stereocenters. The smallest absolute Gasteiger partial charge is 0.322 e. The van der Waals surface area contributed by atoms with Crippen molar-refractivity contribution in [1.29, 1.82) is 0 Å². The molecule has 0 aliphatic carbocycles. The third-order valence-electron chi connectivity index (χ3n) is 4.76. The Morgan fingerprint density at radius 3 is 2.24 bits per heavy atom. The van der Waals surface area contributed by atoms with Gasteiger partial charge in [-0.1, -0.05) is 23.6 Å². The SMILES string of the molecule is COc1ccc(C#Cc2ccc(S(=O)(=O)C(CC(O)C(N)Sc3nccs3)C(=O)O)cc2)cc1. The van der Waals surface area contributed by atoms with E-state index in [-0.39, 0.29) is 4.90 Å². The Morgan fingerprint density at radius 2 is 1.74 bits per heavy atom. The van der Waals surface area contributed by atoms with Crippen molar-refractivity contribution in [1.82, 2.24) is 4.98 Å². The molecule has 1 heterocycles. The number of aliphatic hydroxyl groups excluding tert-OH is 1. The molecule has 0 bridgehead atoms. The lowest BCUT2D eigenvalue weighted by Gasteiger charge is -2.21. The predicted octanol–water partition coefficient (Wildman–Crippen LogP) is 2.61. The van der Waals surface area contributed by atoms with Crippen LogP contribution in [0, 0.1) is 11.8 Å². The Labute approximate surface area is 205 Å². The minimum absolute atomic E-state index is 0.178. The van der Waals surface area contributed by atoms with Crippen LogP contribution in [-0.4, -0.2) is 53.4 Å². The molecule has 0 radical (unpaired) electrons. The van der Waals surface area contributed by atoms with Gasteiger partial charge in [-0.2, -0.15) is 0 Å². The molecule has 3 aromatic rings. The van der Waals surface area contributed by atoms with Gasteiger partial charge >= 0.3 is 5.97 Å². The summed E-state index contributed by atoms with van der Waals surface area (Å²) < 4.78 is 31.7. The summed E-state index contributed by atoms with van der Waals surface area (Å²) in [6.45, 7) is 0. The highest BCUT2D eigenvalue weighted by Crippen LogP contribution is 2.28. The fourth-order valence-corrected chi connectivity index (χ4v) is 6.15. The number of carbonyl (C=O) groups is 1. The number of rotatable bonds is 9. The van der Waals surface area contributed by atoms with Gasteiger partial charge in [-0.25, -0.2) is 13.4 Å². The summed E-state index contributed by atoms with van der Waals surface area (Å²) >= 11 is 2.36. The van der Waals surface area contributed by atoms with Crippen LogP contribution in [-0.2, 0) is 14.6 Å². The van der Waals surface area contributed by atoms with Crippen LogP contribution >= 0.6 is 23.1 Å². The van der Waals surface area contributed by atoms with Crippen LogP contribution in [0.15, 0.2) is 69.3 Å². The van der Waals surface area contributed by atoms with Gasteiger partial charge < -0.3 is 20.7 Å². The number of methoxy groups -OCH3 is 1. The van der Waals surface area contributed by atoms with E-state index < -0.39 is 39.0 Å². The molecule has 0 spiro atoms. The van der Waals surface area contributed by atoms with Gasteiger partial charge in [-0.05, 0) is 48.5 Å². The van der Waals surface area contributed by atoms with Gasteiger partial charge in [-0.15, -0.1) is 11.3 Å². The Kier molecular flexibility index (Phi) is 8.71. The van der Waals surface area contributed by atoms with Crippen LogP contribution in [0.4, 0.5) is 0 Å². The molecule has 8 nitrogen and oxygen atoms in total. The molecule has 4 N–H and O–H groups in total. The fourth-order valence-electron chi connectivity index (χ4n) is 2.89. The minimum atomic E-state index is -4.28. The van der Waals surface area contributed by atoms with Crippen LogP contribution in [0.1, 0.15) is 17.5 Å². The lowest BCUT2D eigenvalue weighted by atomic mass is 10.2. The highest BCUT2D eigenvalue weighted by atomic mass is 32.2. The molecule has 178 valence electrons. The second-order valence-electron chi connectivity index (χ2n) is 7.06. The zero-order valence-corrected chi connectivity index (χ0v) is 20.4. The van der Waals surface area contributed by atoms with Crippen molar-refractivity contribution < 1.29 is 28.2 Å². The zero-order valence-electron chi connectivity index (χ0n) is 18.0. The maximum absolute atomic E-state index is 13.0. The highest BCUT2D eigenvalue weighted by molar-refractivity contribution is 8.01. The number of thiazole rings is 1. The van der Waals surface area contributed by atoms with E-state index in [1.54, 1.807) is 43.0 Å². The van der Waals surface area contributed by atoms with Crippen LogP contribution in [0.2, 0.25) is 0 Å². The maximum atomic E-state index is 13.0. The number of aromatic nitrogens is 1. The number of carboxylic acid groups (broad SMARTS) is 1. The standard InChI is InChI=1S/C23H22N2O6S3/c1-31-17-8-4-15(5-9-17)2-3-16-6-10-18(11-7-16)34(29,30)20(22(27)28)14-19(26)21(24)33-23-25-12-13-32-23/h4-13,19-21,26H,14,24H2,1H3,(H,27,28). The molecule has 3 rings (SSSR count). The monoisotopic (exact) mass is 518 g/mol. The molecule has 0 aliphatic rings. The third kappa shape index (κ3) is 6.59. The number of aliphatic hydroxyl groups is 1. The lowest BCUT2D eigenvalue weighted by Crippen LogP contribution is -2.40. The summed E-state index contributed by atoms with van der Waals surface area (Å²) in [5.74, 6) is 5.04. The molecular weight excluding hydrogens is 496 g/mol. The van der Waals surface area contributed by atoms with Gasteiger partial charge in [0, 0.05) is 29.1 Å². The zero-order chi connectivity index (χ0) is 24.7. The van der Waals surface area contributed by atoms with E-state index in [4.69, 9.17) is 10.5 Å². The van der Waals surface area contributed by atoms with E-state index in [1.807, 2.05) is 0 Å². The lowest BCUT2D eigenvalue weighted by molar-refractivity contribution is -0.137. The van der Waals surface area contributed by atoms with Gasteiger partial charge in [-0.3, -0.25) is 4.79 Å². The Hall–Kier alpha value is -2.88. The van der Waals surface area contributed by atoms with Crippen LogP contribution < -0.4 is 10.5 Å². The third-order valence-corrected chi connectivity index (χ3v) is 8.86. The number of thioether (sulfide) groups is 1. The first-order valence-corrected chi connectivity index (χ1v) is 13.2. The molecule has 2 aromatic carbocycles. The Balaban J connectivity index is 1.73. The average molecular weight is 519 g/mol. The molecule has 3 unspecified atom stereocenters. The largest absolute Gasteiger partial charge is 0.497 e. The molecular formula is C23H22N2O6S3. The van der Waals surface area contributed by atoms with Gasteiger partial charge in [0.05, 0.1) is 23.5 Å². The summed E-state index contributed by atoms with van der Waals surface area (Å²) in [4.78, 5) is 15.6. The number of hydrogen-bond donors (Lipinski definition) is 3. The summed E-state index contributed by atoms with van der Waals surface area (Å²) in [5.41, 5.74) is 7.24. The number of nitrogens with two attached hydrogens (primary N) is 1. The highest BCUT2D eigenvalue weighted by Gasteiger charge is 2.37. The molecule has 34 heavy (non-hydrogen) atoms. The normalized spacial score (nSPS) is 13.9. The number of sulfone groups is 1. The summed E-state index contributed by atoms with van der Waals surface area (Å²) in [5, 5.41) is 18.9. The molecule has 0 amide bonds. The van der Waals surface area contributed by atoms with Crippen molar-refractivity contribution in [2.24, 2.45) is 5.73 Å². The fraction of sp³-hybridized carbons (Fsp3) is 0.217. The van der Waals surface area contributed by atoms with Gasteiger partial charge in [0.25, 0.3) is 0 Å².